The minimum atomic E-state index is 0.357. The molecule has 1 aliphatic rings. The zero-order valence-electron chi connectivity index (χ0n) is 11.5. The molecule has 19 heavy (non-hydrogen) atoms. The fraction of sp³-hybridized carbons (Fsp3) is 0.235. The third kappa shape index (κ3) is 2.14. The maximum Gasteiger partial charge on any atom is 0.153 e. The van der Waals surface area contributed by atoms with E-state index in [9.17, 15) is 0 Å². The topological polar surface area (TPSA) is 21.6 Å². The molecule has 2 aromatic rings. The summed E-state index contributed by atoms with van der Waals surface area (Å²) in [5.74, 6) is 2.07. The van der Waals surface area contributed by atoms with Crippen molar-refractivity contribution in [1.29, 1.82) is 0 Å². The van der Waals surface area contributed by atoms with Gasteiger partial charge in [-0.15, -0.1) is 0 Å². The van der Waals surface area contributed by atoms with Gasteiger partial charge in [-0.25, -0.2) is 4.99 Å². The molecule has 0 radical (unpaired) electrons. The lowest BCUT2D eigenvalue weighted by Gasteiger charge is -2.12. The standard InChI is InChI=1S/C17H17NO/c1-11(2)17-13-10-12(3)8-9-15(13)19-16-7-5-4-6-14(16)18-17/h4-11H,1-3H3. The van der Waals surface area contributed by atoms with Crippen LogP contribution in [0.25, 0.3) is 0 Å². The van der Waals surface area contributed by atoms with Gasteiger partial charge < -0.3 is 4.74 Å². The zero-order valence-corrected chi connectivity index (χ0v) is 11.5. The van der Waals surface area contributed by atoms with Crippen LogP contribution in [0.5, 0.6) is 11.5 Å². The molecular formula is C17H17NO. The quantitative estimate of drug-likeness (QED) is 0.708. The SMILES string of the molecule is Cc1ccc2c(c1)C(C(C)C)=Nc1ccccc1O2. The van der Waals surface area contributed by atoms with Crippen molar-refractivity contribution in [2.24, 2.45) is 10.9 Å². The Labute approximate surface area is 113 Å². The van der Waals surface area contributed by atoms with Crippen molar-refractivity contribution in [2.75, 3.05) is 0 Å². The lowest BCUT2D eigenvalue weighted by molar-refractivity contribution is 0.484. The molecule has 0 unspecified atom stereocenters. The Hall–Kier alpha value is -2.09. The van der Waals surface area contributed by atoms with Crippen LogP contribution in [0.1, 0.15) is 25.0 Å². The number of benzene rings is 2. The van der Waals surface area contributed by atoms with Gasteiger partial charge in [-0.05, 0) is 37.1 Å². The number of rotatable bonds is 1. The molecule has 0 atom stereocenters. The summed E-state index contributed by atoms with van der Waals surface area (Å²) in [6.07, 6.45) is 0. The van der Waals surface area contributed by atoms with Crippen LogP contribution >= 0.6 is 0 Å². The monoisotopic (exact) mass is 251 g/mol. The van der Waals surface area contributed by atoms with E-state index in [1.54, 1.807) is 0 Å². The molecule has 0 spiro atoms. The van der Waals surface area contributed by atoms with E-state index in [0.29, 0.717) is 5.92 Å². The van der Waals surface area contributed by atoms with Gasteiger partial charge >= 0.3 is 0 Å². The summed E-state index contributed by atoms with van der Waals surface area (Å²) in [6.45, 7) is 6.42. The second-order valence-corrected chi connectivity index (χ2v) is 5.22. The smallest absolute Gasteiger partial charge is 0.153 e. The molecule has 0 bridgehead atoms. The lowest BCUT2D eigenvalue weighted by Crippen LogP contribution is -2.09. The molecule has 0 amide bonds. The van der Waals surface area contributed by atoms with E-state index in [1.807, 2.05) is 30.3 Å². The van der Waals surface area contributed by atoms with E-state index < -0.39 is 0 Å². The van der Waals surface area contributed by atoms with E-state index in [-0.39, 0.29) is 0 Å². The molecule has 0 aliphatic carbocycles. The molecule has 2 heteroatoms. The summed E-state index contributed by atoms with van der Waals surface area (Å²) in [4.78, 5) is 4.81. The number of fused-ring (bicyclic) bond motifs is 2. The first-order valence-electron chi connectivity index (χ1n) is 6.61. The van der Waals surface area contributed by atoms with Gasteiger partial charge in [-0.3, -0.25) is 0 Å². The number of hydrogen-bond donors (Lipinski definition) is 0. The summed E-state index contributed by atoms with van der Waals surface area (Å²) in [6, 6.07) is 14.2. The first-order valence-corrected chi connectivity index (χ1v) is 6.61. The summed E-state index contributed by atoms with van der Waals surface area (Å²) in [5.41, 5.74) is 4.32. The van der Waals surface area contributed by atoms with Crippen molar-refractivity contribution in [1.82, 2.24) is 0 Å². The van der Waals surface area contributed by atoms with Gasteiger partial charge in [0.15, 0.2) is 5.75 Å². The fourth-order valence-corrected chi connectivity index (χ4v) is 2.32. The van der Waals surface area contributed by atoms with Crippen LogP contribution in [0.3, 0.4) is 0 Å². The first-order chi connectivity index (χ1) is 9.15. The van der Waals surface area contributed by atoms with Crippen molar-refractivity contribution in [3.8, 4) is 11.5 Å². The molecular weight excluding hydrogens is 234 g/mol. The minimum absolute atomic E-state index is 0.357. The molecule has 1 heterocycles. The van der Waals surface area contributed by atoms with Gasteiger partial charge in [0.05, 0.1) is 5.71 Å². The molecule has 2 aromatic carbocycles. The van der Waals surface area contributed by atoms with Crippen molar-refractivity contribution in [3.63, 3.8) is 0 Å². The van der Waals surface area contributed by atoms with E-state index in [1.165, 1.54) is 5.56 Å². The summed E-state index contributed by atoms with van der Waals surface area (Å²) < 4.78 is 6.02. The molecule has 0 N–H and O–H groups in total. The Kier molecular flexibility index (Phi) is 2.86. The lowest BCUT2D eigenvalue weighted by atomic mass is 9.97. The number of para-hydroxylation sites is 2. The van der Waals surface area contributed by atoms with E-state index in [4.69, 9.17) is 9.73 Å². The van der Waals surface area contributed by atoms with Crippen LogP contribution in [0.2, 0.25) is 0 Å². The molecule has 2 nitrogen and oxygen atoms in total. The summed E-state index contributed by atoms with van der Waals surface area (Å²) in [7, 11) is 0. The van der Waals surface area contributed by atoms with Crippen molar-refractivity contribution in [2.45, 2.75) is 20.8 Å². The van der Waals surface area contributed by atoms with Crippen molar-refractivity contribution < 1.29 is 4.74 Å². The van der Waals surface area contributed by atoms with Crippen LogP contribution in [-0.2, 0) is 0 Å². The maximum atomic E-state index is 6.02. The molecule has 0 aromatic heterocycles. The maximum absolute atomic E-state index is 6.02. The van der Waals surface area contributed by atoms with Gasteiger partial charge in [0, 0.05) is 5.56 Å². The Morgan fingerprint density at radius 1 is 1.00 bits per heavy atom. The highest BCUT2D eigenvalue weighted by Gasteiger charge is 2.19. The fourth-order valence-electron chi connectivity index (χ4n) is 2.32. The Morgan fingerprint density at radius 3 is 2.58 bits per heavy atom. The van der Waals surface area contributed by atoms with Crippen LogP contribution in [0.4, 0.5) is 5.69 Å². The van der Waals surface area contributed by atoms with Gasteiger partial charge in [0.25, 0.3) is 0 Å². The van der Waals surface area contributed by atoms with Crippen LogP contribution in [0, 0.1) is 12.8 Å². The third-order valence-electron chi connectivity index (χ3n) is 3.28. The predicted molar refractivity (Wildman–Crippen MR) is 78.7 cm³/mol. The molecule has 96 valence electrons. The van der Waals surface area contributed by atoms with E-state index in [2.05, 4.69) is 32.9 Å². The van der Waals surface area contributed by atoms with Gasteiger partial charge in [0.2, 0.25) is 0 Å². The highest BCUT2D eigenvalue weighted by molar-refractivity contribution is 6.06. The number of ether oxygens (including phenoxy) is 1. The van der Waals surface area contributed by atoms with Crippen molar-refractivity contribution >= 4 is 11.4 Å². The van der Waals surface area contributed by atoms with Gasteiger partial charge in [-0.1, -0.05) is 37.6 Å². The molecule has 0 saturated heterocycles. The van der Waals surface area contributed by atoms with Gasteiger partial charge in [0.1, 0.15) is 11.4 Å². The number of hydrogen-bond acceptors (Lipinski definition) is 2. The second kappa shape index (κ2) is 4.54. The average molecular weight is 251 g/mol. The Bertz CT molecular complexity index is 656. The average Bonchev–Trinajstić information content (AvgIpc) is 2.55. The normalized spacial score (nSPS) is 13.2. The molecule has 0 fully saturated rings. The second-order valence-electron chi connectivity index (χ2n) is 5.22. The largest absolute Gasteiger partial charge is 0.454 e. The summed E-state index contributed by atoms with van der Waals surface area (Å²) >= 11 is 0. The van der Waals surface area contributed by atoms with Crippen LogP contribution in [-0.4, -0.2) is 5.71 Å². The van der Waals surface area contributed by atoms with E-state index in [0.717, 1.165) is 28.5 Å². The minimum Gasteiger partial charge on any atom is -0.454 e. The van der Waals surface area contributed by atoms with Crippen LogP contribution < -0.4 is 4.74 Å². The highest BCUT2D eigenvalue weighted by Crippen LogP contribution is 2.38. The third-order valence-corrected chi connectivity index (χ3v) is 3.28. The first kappa shape index (κ1) is 12.0. The number of nitrogens with zero attached hydrogens (tertiary/aromatic N) is 1. The number of aryl methyl sites for hydroxylation is 1. The van der Waals surface area contributed by atoms with Gasteiger partial charge in [-0.2, -0.15) is 0 Å². The van der Waals surface area contributed by atoms with E-state index >= 15 is 0 Å². The predicted octanol–water partition coefficient (Wildman–Crippen LogP) is 4.88. The molecule has 0 saturated carbocycles. The number of aliphatic imine (C=N–C) groups is 1. The Balaban J connectivity index is 2.27. The molecule has 1 aliphatic heterocycles. The Morgan fingerprint density at radius 2 is 1.79 bits per heavy atom. The summed E-state index contributed by atoms with van der Waals surface area (Å²) in [5, 5.41) is 0. The molecule has 3 rings (SSSR count). The van der Waals surface area contributed by atoms with Crippen LogP contribution in [0.15, 0.2) is 47.5 Å². The van der Waals surface area contributed by atoms with Crippen molar-refractivity contribution in [3.05, 3.63) is 53.6 Å². The highest BCUT2D eigenvalue weighted by atomic mass is 16.5. The zero-order chi connectivity index (χ0) is 13.4.